The van der Waals surface area contributed by atoms with Crippen LogP contribution in [0.3, 0.4) is 0 Å². The third-order valence-electron chi connectivity index (χ3n) is 2.75. The molecular weight excluding hydrogens is 225 g/mol. The topological polar surface area (TPSA) is 38.8 Å². The van der Waals surface area contributed by atoms with Gasteiger partial charge in [-0.2, -0.15) is 0 Å². The summed E-state index contributed by atoms with van der Waals surface area (Å²) in [4.78, 5) is 12.9. The summed E-state index contributed by atoms with van der Waals surface area (Å²) in [5.41, 5.74) is 0.473. The van der Waals surface area contributed by atoms with Crippen LogP contribution in [-0.4, -0.2) is 37.8 Å². The first kappa shape index (κ1) is 11.9. The van der Waals surface area contributed by atoms with Crippen LogP contribution in [0.5, 0.6) is 0 Å². The largest absolute Gasteiger partial charge is 0.453 e. The second-order valence-corrected chi connectivity index (χ2v) is 3.80. The predicted octanol–water partition coefficient (Wildman–Crippen LogP) is 1.97. The first-order valence-corrected chi connectivity index (χ1v) is 5.41. The van der Waals surface area contributed by atoms with E-state index in [1.807, 2.05) is 0 Å². The maximum absolute atomic E-state index is 13.6. The van der Waals surface area contributed by atoms with Gasteiger partial charge in [-0.3, -0.25) is 0 Å². The summed E-state index contributed by atoms with van der Waals surface area (Å²) in [7, 11) is 1.33. The van der Waals surface area contributed by atoms with E-state index in [0.29, 0.717) is 25.3 Å². The molecule has 1 saturated heterocycles. The first-order valence-electron chi connectivity index (χ1n) is 5.41. The average molecular weight is 239 g/mol. The van der Waals surface area contributed by atoms with Crippen molar-refractivity contribution in [1.82, 2.24) is 4.90 Å². The summed E-state index contributed by atoms with van der Waals surface area (Å²) in [6.07, 6.45) is -0.835. The molecular formula is C12H14FNO3. The van der Waals surface area contributed by atoms with Crippen LogP contribution in [0.15, 0.2) is 24.3 Å². The summed E-state index contributed by atoms with van der Waals surface area (Å²) >= 11 is 0. The van der Waals surface area contributed by atoms with Crippen LogP contribution >= 0.6 is 0 Å². The SMILES string of the molecule is COC(=O)N1CCO[C@@H](c2ccccc2F)C1. The third-order valence-corrected chi connectivity index (χ3v) is 2.75. The number of halogens is 1. The maximum Gasteiger partial charge on any atom is 0.409 e. The van der Waals surface area contributed by atoms with Crippen LogP contribution in [0.4, 0.5) is 9.18 Å². The second kappa shape index (κ2) is 5.14. The minimum atomic E-state index is -0.427. The molecule has 0 radical (unpaired) electrons. The number of hydrogen-bond donors (Lipinski definition) is 0. The van der Waals surface area contributed by atoms with E-state index >= 15 is 0 Å². The zero-order valence-electron chi connectivity index (χ0n) is 9.56. The molecule has 0 aliphatic carbocycles. The molecule has 0 bridgehead atoms. The van der Waals surface area contributed by atoms with Crippen LogP contribution in [0.1, 0.15) is 11.7 Å². The Hall–Kier alpha value is -1.62. The van der Waals surface area contributed by atoms with E-state index < -0.39 is 12.2 Å². The lowest BCUT2D eigenvalue weighted by Gasteiger charge is -2.32. The molecule has 0 aromatic heterocycles. The molecule has 0 unspecified atom stereocenters. The maximum atomic E-state index is 13.6. The van der Waals surface area contributed by atoms with Crippen LogP contribution < -0.4 is 0 Å². The molecule has 1 heterocycles. The van der Waals surface area contributed by atoms with Gasteiger partial charge in [-0.15, -0.1) is 0 Å². The highest BCUT2D eigenvalue weighted by Crippen LogP contribution is 2.24. The van der Waals surface area contributed by atoms with Crippen molar-refractivity contribution in [3.8, 4) is 0 Å². The molecule has 4 nitrogen and oxygen atoms in total. The van der Waals surface area contributed by atoms with Gasteiger partial charge in [0.2, 0.25) is 0 Å². The van der Waals surface area contributed by atoms with Crippen LogP contribution in [0.2, 0.25) is 0 Å². The zero-order chi connectivity index (χ0) is 12.3. The van der Waals surface area contributed by atoms with Gasteiger partial charge in [0.05, 0.1) is 20.3 Å². The summed E-state index contributed by atoms with van der Waals surface area (Å²) in [5, 5.41) is 0. The molecule has 1 atom stereocenters. The van der Waals surface area contributed by atoms with Crippen molar-refractivity contribution in [2.24, 2.45) is 0 Å². The molecule has 92 valence electrons. The van der Waals surface area contributed by atoms with E-state index in [1.165, 1.54) is 18.1 Å². The Balaban J connectivity index is 2.12. The minimum Gasteiger partial charge on any atom is -0.453 e. The van der Waals surface area contributed by atoms with Crippen molar-refractivity contribution in [1.29, 1.82) is 0 Å². The number of nitrogens with zero attached hydrogens (tertiary/aromatic N) is 1. The second-order valence-electron chi connectivity index (χ2n) is 3.80. The zero-order valence-corrected chi connectivity index (χ0v) is 9.56. The summed E-state index contributed by atoms with van der Waals surface area (Å²) in [6.45, 7) is 1.17. The Bertz CT molecular complexity index is 410. The monoisotopic (exact) mass is 239 g/mol. The Labute approximate surface area is 98.9 Å². The van der Waals surface area contributed by atoms with Gasteiger partial charge in [-0.1, -0.05) is 18.2 Å². The van der Waals surface area contributed by atoms with Crippen molar-refractivity contribution in [3.05, 3.63) is 35.6 Å². The van der Waals surface area contributed by atoms with Gasteiger partial charge in [-0.25, -0.2) is 9.18 Å². The third kappa shape index (κ3) is 2.55. The van der Waals surface area contributed by atoms with Crippen LogP contribution in [0.25, 0.3) is 0 Å². The standard InChI is InChI=1S/C12H14FNO3/c1-16-12(15)14-6-7-17-11(8-14)9-4-2-3-5-10(9)13/h2-5,11H,6-8H2,1H3/t11-/m1/s1. The van der Waals surface area contributed by atoms with E-state index in [1.54, 1.807) is 18.2 Å². The molecule has 1 aliphatic heterocycles. The van der Waals surface area contributed by atoms with Gasteiger partial charge in [0.1, 0.15) is 11.9 Å². The fourth-order valence-corrected chi connectivity index (χ4v) is 1.87. The number of benzene rings is 1. The minimum absolute atomic E-state index is 0.313. The van der Waals surface area contributed by atoms with Gasteiger partial charge in [-0.05, 0) is 6.07 Å². The van der Waals surface area contributed by atoms with Crippen molar-refractivity contribution < 1.29 is 18.7 Å². The Morgan fingerprint density at radius 1 is 1.53 bits per heavy atom. The number of carbonyl (C=O) groups excluding carboxylic acids is 1. The van der Waals surface area contributed by atoms with Gasteiger partial charge in [0, 0.05) is 12.1 Å². The molecule has 5 heteroatoms. The van der Waals surface area contributed by atoms with Crippen molar-refractivity contribution >= 4 is 6.09 Å². The number of amides is 1. The van der Waals surface area contributed by atoms with Gasteiger partial charge < -0.3 is 14.4 Å². The van der Waals surface area contributed by atoms with Crippen molar-refractivity contribution in [2.75, 3.05) is 26.8 Å². The molecule has 1 aliphatic rings. The van der Waals surface area contributed by atoms with E-state index in [4.69, 9.17) is 4.74 Å². The van der Waals surface area contributed by atoms with Gasteiger partial charge in [0.25, 0.3) is 0 Å². The summed E-state index contributed by atoms with van der Waals surface area (Å²) < 4.78 is 23.7. The molecule has 1 fully saturated rings. The normalized spacial score (nSPS) is 20.1. The number of carbonyl (C=O) groups is 1. The van der Waals surface area contributed by atoms with Crippen LogP contribution in [0, 0.1) is 5.82 Å². The fraction of sp³-hybridized carbons (Fsp3) is 0.417. The van der Waals surface area contributed by atoms with Crippen molar-refractivity contribution in [3.63, 3.8) is 0 Å². The molecule has 0 saturated carbocycles. The van der Waals surface area contributed by atoms with Crippen LogP contribution in [-0.2, 0) is 9.47 Å². The lowest BCUT2D eigenvalue weighted by atomic mass is 10.1. The first-order chi connectivity index (χ1) is 8.22. The molecule has 1 aromatic rings. The molecule has 1 aromatic carbocycles. The Morgan fingerprint density at radius 2 is 2.29 bits per heavy atom. The van der Waals surface area contributed by atoms with E-state index in [9.17, 15) is 9.18 Å². The highest BCUT2D eigenvalue weighted by Gasteiger charge is 2.27. The predicted molar refractivity (Wildman–Crippen MR) is 59.1 cm³/mol. The van der Waals surface area contributed by atoms with E-state index in [2.05, 4.69) is 4.74 Å². The van der Waals surface area contributed by atoms with Crippen molar-refractivity contribution in [2.45, 2.75) is 6.10 Å². The number of ether oxygens (including phenoxy) is 2. The molecule has 0 spiro atoms. The highest BCUT2D eigenvalue weighted by atomic mass is 19.1. The lowest BCUT2D eigenvalue weighted by Crippen LogP contribution is -2.42. The molecule has 2 rings (SSSR count). The number of morpholine rings is 1. The Kier molecular flexibility index (Phi) is 3.58. The number of methoxy groups -OCH3 is 1. The Morgan fingerprint density at radius 3 is 3.00 bits per heavy atom. The molecule has 0 N–H and O–H groups in total. The quantitative estimate of drug-likeness (QED) is 0.752. The summed E-state index contributed by atoms with van der Waals surface area (Å²) in [6, 6.07) is 6.43. The number of hydrogen-bond acceptors (Lipinski definition) is 3. The smallest absolute Gasteiger partial charge is 0.409 e. The molecule has 1 amide bonds. The van der Waals surface area contributed by atoms with Gasteiger partial charge >= 0.3 is 6.09 Å². The highest BCUT2D eigenvalue weighted by molar-refractivity contribution is 5.67. The number of rotatable bonds is 1. The summed E-state index contributed by atoms with van der Waals surface area (Å²) in [5.74, 6) is -0.316. The van der Waals surface area contributed by atoms with Gasteiger partial charge in [0.15, 0.2) is 0 Å². The molecule has 17 heavy (non-hydrogen) atoms. The van der Waals surface area contributed by atoms with E-state index in [0.717, 1.165) is 0 Å². The lowest BCUT2D eigenvalue weighted by molar-refractivity contribution is -0.0273. The fourth-order valence-electron chi connectivity index (χ4n) is 1.87. The average Bonchev–Trinajstić information content (AvgIpc) is 2.38. The van der Waals surface area contributed by atoms with E-state index in [-0.39, 0.29) is 5.82 Å².